The van der Waals surface area contributed by atoms with Crippen LogP contribution >= 0.6 is 0 Å². The fraction of sp³-hybridized carbons (Fsp3) is 0.286. The molecule has 0 spiro atoms. The Morgan fingerprint density at radius 1 is 1.11 bits per heavy atom. The van der Waals surface area contributed by atoms with Crippen LogP contribution in [0.4, 0.5) is 4.79 Å². The Bertz CT molecular complexity index is 838. The van der Waals surface area contributed by atoms with Gasteiger partial charge in [-0.1, -0.05) is 24.3 Å². The first-order valence-corrected chi connectivity index (χ1v) is 8.55. The molecule has 0 fully saturated rings. The fourth-order valence-electron chi connectivity index (χ4n) is 2.25. The van der Waals surface area contributed by atoms with Crippen molar-refractivity contribution in [1.29, 1.82) is 0 Å². The summed E-state index contributed by atoms with van der Waals surface area (Å²) in [7, 11) is 1.36. The quantitative estimate of drug-likeness (QED) is 0.805. The molecule has 0 aliphatic heterocycles. The molecule has 6 nitrogen and oxygen atoms in total. The van der Waals surface area contributed by atoms with Gasteiger partial charge in [0.15, 0.2) is 0 Å². The molecule has 0 saturated heterocycles. The molecule has 0 radical (unpaired) electrons. The number of esters is 1. The van der Waals surface area contributed by atoms with E-state index in [1.807, 2.05) is 51.1 Å². The van der Waals surface area contributed by atoms with Gasteiger partial charge in [-0.25, -0.2) is 9.59 Å². The van der Waals surface area contributed by atoms with Crippen molar-refractivity contribution in [3.63, 3.8) is 0 Å². The van der Waals surface area contributed by atoms with Gasteiger partial charge >= 0.3 is 12.1 Å². The molecule has 1 heterocycles. The zero-order chi connectivity index (χ0) is 19.9. The number of rotatable bonds is 5. The normalized spacial score (nSPS) is 11.3. The Morgan fingerprint density at radius 2 is 1.81 bits per heavy atom. The highest BCUT2D eigenvalue weighted by Gasteiger charge is 2.15. The van der Waals surface area contributed by atoms with Gasteiger partial charge in [0.2, 0.25) is 0 Å². The number of nitrogens with zero attached hydrogens (tertiary/aromatic N) is 1. The predicted molar refractivity (Wildman–Crippen MR) is 104 cm³/mol. The van der Waals surface area contributed by atoms with Crippen LogP contribution in [-0.2, 0) is 16.0 Å². The minimum absolute atomic E-state index is 0.272. The van der Waals surface area contributed by atoms with E-state index in [2.05, 4.69) is 10.3 Å². The lowest BCUT2D eigenvalue weighted by Crippen LogP contribution is -2.32. The smallest absolute Gasteiger partial charge is 0.407 e. The number of pyridine rings is 1. The summed E-state index contributed by atoms with van der Waals surface area (Å²) in [6, 6.07) is 10.9. The van der Waals surface area contributed by atoms with E-state index in [1.165, 1.54) is 7.11 Å². The first kappa shape index (κ1) is 20.2. The molecule has 27 heavy (non-hydrogen) atoms. The first-order chi connectivity index (χ1) is 12.8. The molecule has 1 aromatic heterocycles. The molecule has 0 aliphatic carbocycles. The number of carbonyl (C=O) groups is 2. The second-order valence-electron chi connectivity index (χ2n) is 6.89. The number of hydrogen-bond acceptors (Lipinski definition) is 5. The van der Waals surface area contributed by atoms with Crippen molar-refractivity contribution in [2.24, 2.45) is 0 Å². The van der Waals surface area contributed by atoms with E-state index in [0.29, 0.717) is 11.3 Å². The number of aromatic nitrogens is 1. The van der Waals surface area contributed by atoms with E-state index in [4.69, 9.17) is 9.47 Å². The van der Waals surface area contributed by atoms with Crippen LogP contribution in [0, 0.1) is 0 Å². The number of nitrogens with one attached hydrogen (secondary N) is 1. The molecule has 0 saturated carbocycles. The van der Waals surface area contributed by atoms with Gasteiger partial charge in [-0.15, -0.1) is 0 Å². The van der Waals surface area contributed by atoms with Crippen LogP contribution in [0.15, 0.2) is 42.6 Å². The van der Waals surface area contributed by atoms with Gasteiger partial charge in [0.1, 0.15) is 5.60 Å². The lowest BCUT2D eigenvalue weighted by molar-refractivity contribution is 0.0521. The van der Waals surface area contributed by atoms with Crippen molar-refractivity contribution in [2.75, 3.05) is 7.11 Å². The lowest BCUT2D eigenvalue weighted by Gasteiger charge is -2.19. The number of amides is 1. The monoisotopic (exact) mass is 368 g/mol. The number of methoxy groups -OCH3 is 1. The van der Waals surface area contributed by atoms with E-state index in [1.54, 1.807) is 24.4 Å². The molecule has 142 valence electrons. The SMILES string of the molecule is COC(=O)c1cccc(/C=C/c2ccnc(CNC(=O)OC(C)(C)C)c2)c1. The molecule has 2 aromatic rings. The van der Waals surface area contributed by atoms with Gasteiger partial charge in [-0.3, -0.25) is 4.98 Å². The predicted octanol–water partition coefficient (Wildman–Crippen LogP) is 4.06. The average molecular weight is 368 g/mol. The number of benzene rings is 1. The minimum atomic E-state index is -0.541. The first-order valence-electron chi connectivity index (χ1n) is 8.55. The van der Waals surface area contributed by atoms with Gasteiger partial charge in [0.05, 0.1) is 24.9 Å². The van der Waals surface area contributed by atoms with Crippen LogP contribution < -0.4 is 5.32 Å². The van der Waals surface area contributed by atoms with Crippen LogP contribution in [-0.4, -0.2) is 29.8 Å². The third-order valence-electron chi connectivity index (χ3n) is 3.43. The summed E-state index contributed by atoms with van der Waals surface area (Å²) in [6.45, 7) is 5.71. The van der Waals surface area contributed by atoms with E-state index in [9.17, 15) is 9.59 Å². The summed E-state index contributed by atoms with van der Waals surface area (Å²) in [4.78, 5) is 27.6. The van der Waals surface area contributed by atoms with E-state index in [0.717, 1.165) is 11.1 Å². The van der Waals surface area contributed by atoms with Gasteiger partial charge in [0, 0.05) is 6.20 Å². The number of hydrogen-bond donors (Lipinski definition) is 1. The summed E-state index contributed by atoms with van der Waals surface area (Å²) >= 11 is 0. The molecule has 6 heteroatoms. The van der Waals surface area contributed by atoms with Crippen molar-refractivity contribution < 1.29 is 19.1 Å². The van der Waals surface area contributed by atoms with Gasteiger partial charge in [0.25, 0.3) is 0 Å². The Morgan fingerprint density at radius 3 is 2.48 bits per heavy atom. The third-order valence-corrected chi connectivity index (χ3v) is 3.43. The zero-order valence-corrected chi connectivity index (χ0v) is 16.0. The summed E-state index contributed by atoms with van der Waals surface area (Å²) in [5.74, 6) is -0.371. The average Bonchev–Trinajstić information content (AvgIpc) is 2.63. The summed E-state index contributed by atoms with van der Waals surface area (Å²) in [5, 5.41) is 2.68. The maximum absolute atomic E-state index is 11.7. The van der Waals surface area contributed by atoms with E-state index in [-0.39, 0.29) is 12.5 Å². The molecule has 1 aromatic carbocycles. The largest absolute Gasteiger partial charge is 0.465 e. The summed E-state index contributed by atoms with van der Waals surface area (Å²) in [5.41, 5.74) is 2.47. The maximum Gasteiger partial charge on any atom is 0.407 e. The topological polar surface area (TPSA) is 77.5 Å². The number of carbonyl (C=O) groups excluding carboxylic acids is 2. The minimum Gasteiger partial charge on any atom is -0.465 e. The molecular formula is C21H24N2O4. The zero-order valence-electron chi connectivity index (χ0n) is 16.0. The highest BCUT2D eigenvalue weighted by atomic mass is 16.6. The van der Waals surface area contributed by atoms with Crippen molar-refractivity contribution >= 4 is 24.2 Å². The van der Waals surface area contributed by atoms with Crippen molar-refractivity contribution in [2.45, 2.75) is 32.9 Å². The van der Waals surface area contributed by atoms with Crippen molar-refractivity contribution in [1.82, 2.24) is 10.3 Å². The van der Waals surface area contributed by atoms with Crippen molar-refractivity contribution in [3.05, 3.63) is 65.0 Å². The Kier molecular flexibility index (Phi) is 6.71. The summed E-state index contributed by atoms with van der Waals surface area (Å²) in [6.07, 6.45) is 5.00. The Labute approximate surface area is 159 Å². The van der Waals surface area contributed by atoms with Crippen LogP contribution in [0.25, 0.3) is 12.2 Å². The van der Waals surface area contributed by atoms with E-state index >= 15 is 0 Å². The van der Waals surface area contributed by atoms with E-state index < -0.39 is 11.7 Å². The van der Waals surface area contributed by atoms with Crippen LogP contribution in [0.5, 0.6) is 0 Å². The highest BCUT2D eigenvalue weighted by molar-refractivity contribution is 5.90. The number of alkyl carbamates (subject to hydrolysis) is 1. The number of ether oxygens (including phenoxy) is 2. The van der Waals surface area contributed by atoms with Crippen LogP contribution in [0.1, 0.15) is 48.0 Å². The van der Waals surface area contributed by atoms with Crippen LogP contribution in [0.2, 0.25) is 0 Å². The molecule has 1 amide bonds. The van der Waals surface area contributed by atoms with Gasteiger partial charge < -0.3 is 14.8 Å². The molecule has 0 unspecified atom stereocenters. The molecule has 2 rings (SSSR count). The van der Waals surface area contributed by atoms with Crippen molar-refractivity contribution in [3.8, 4) is 0 Å². The summed E-state index contributed by atoms with van der Waals surface area (Å²) < 4.78 is 9.94. The Balaban J connectivity index is 2.02. The second kappa shape index (κ2) is 8.98. The molecule has 0 bridgehead atoms. The highest BCUT2D eigenvalue weighted by Crippen LogP contribution is 2.12. The molecule has 1 N–H and O–H groups in total. The van der Waals surface area contributed by atoms with Gasteiger partial charge in [-0.2, -0.15) is 0 Å². The van der Waals surface area contributed by atoms with Gasteiger partial charge in [-0.05, 0) is 56.2 Å². The standard InChI is InChI=1S/C21H24N2O4/c1-21(2,3)27-20(25)23-14-18-13-16(10-11-22-18)9-8-15-6-5-7-17(12-15)19(24)26-4/h5-13H,14H2,1-4H3,(H,23,25)/b9-8+. The fourth-order valence-corrected chi connectivity index (χ4v) is 2.25. The maximum atomic E-state index is 11.7. The van der Waals surface area contributed by atoms with Crippen LogP contribution in [0.3, 0.4) is 0 Å². The second-order valence-corrected chi connectivity index (χ2v) is 6.89. The lowest BCUT2D eigenvalue weighted by atomic mass is 10.1. The Hall–Kier alpha value is -3.15. The molecule has 0 atom stereocenters. The third kappa shape index (κ3) is 6.93. The molecular weight excluding hydrogens is 344 g/mol. The molecule has 0 aliphatic rings.